The first-order valence-electron chi connectivity index (χ1n) is 9.97. The summed E-state index contributed by atoms with van der Waals surface area (Å²) in [5.41, 5.74) is 4.59. The highest BCUT2D eigenvalue weighted by Gasteiger charge is 2.14. The highest BCUT2D eigenvalue weighted by Crippen LogP contribution is 2.14. The fourth-order valence-electron chi connectivity index (χ4n) is 3.34. The van der Waals surface area contributed by atoms with Crippen LogP contribution in [-0.4, -0.2) is 43.1 Å². The summed E-state index contributed by atoms with van der Waals surface area (Å²) in [4.78, 5) is 4.72. The minimum absolute atomic E-state index is 0.210. The Hall–Kier alpha value is -3.16. The number of nitrogens with zero attached hydrogens (tertiary/aromatic N) is 6. The molecule has 2 aromatic heterocycles. The maximum absolute atomic E-state index is 4.72. The average molecular weight is 395 g/mol. The number of hydrogen-bond acceptors (Lipinski definition) is 4. The van der Waals surface area contributed by atoms with E-state index < -0.39 is 0 Å². The largest absolute Gasteiger partial charge is 0.357 e. The molecule has 0 amide bonds. The molecule has 1 atom stereocenters. The lowest BCUT2D eigenvalue weighted by Gasteiger charge is -2.18. The molecule has 0 saturated carbocycles. The highest BCUT2D eigenvalue weighted by atomic mass is 15.3. The molecule has 0 radical (unpaired) electrons. The molecule has 0 fully saturated rings. The van der Waals surface area contributed by atoms with Gasteiger partial charge in [-0.05, 0) is 51.8 Å². The van der Waals surface area contributed by atoms with Crippen LogP contribution in [-0.2, 0) is 20.0 Å². The van der Waals surface area contributed by atoms with E-state index in [0.29, 0.717) is 6.54 Å². The normalized spacial score (nSPS) is 12.8. The van der Waals surface area contributed by atoms with E-state index >= 15 is 0 Å². The van der Waals surface area contributed by atoms with Crippen molar-refractivity contribution in [2.24, 2.45) is 12.0 Å². The predicted molar refractivity (Wildman–Crippen MR) is 115 cm³/mol. The van der Waals surface area contributed by atoms with E-state index in [2.05, 4.69) is 53.6 Å². The molecule has 8 nitrogen and oxygen atoms in total. The van der Waals surface area contributed by atoms with Crippen molar-refractivity contribution in [3.05, 3.63) is 59.4 Å². The molecule has 3 aromatic rings. The summed E-state index contributed by atoms with van der Waals surface area (Å²) in [5.74, 6) is 1.56. The number of benzene rings is 1. The third-order valence-electron chi connectivity index (χ3n) is 4.93. The van der Waals surface area contributed by atoms with Crippen LogP contribution in [0.5, 0.6) is 0 Å². The second-order valence-corrected chi connectivity index (χ2v) is 7.17. The molecule has 3 rings (SSSR count). The summed E-state index contributed by atoms with van der Waals surface area (Å²) in [5, 5.41) is 19.6. The third kappa shape index (κ3) is 5.01. The molecule has 0 saturated heterocycles. The quantitative estimate of drug-likeness (QED) is 0.474. The lowest BCUT2D eigenvalue weighted by atomic mass is 10.1. The molecular weight excluding hydrogens is 364 g/mol. The molecule has 2 heterocycles. The van der Waals surface area contributed by atoms with Crippen LogP contribution in [0.15, 0.2) is 41.7 Å². The summed E-state index contributed by atoms with van der Waals surface area (Å²) in [6, 6.07) is 10.3. The molecule has 8 heteroatoms. The summed E-state index contributed by atoms with van der Waals surface area (Å²) in [7, 11) is 1.98. The van der Waals surface area contributed by atoms with Crippen molar-refractivity contribution < 1.29 is 0 Å². The van der Waals surface area contributed by atoms with E-state index in [1.807, 2.05) is 46.6 Å². The van der Waals surface area contributed by atoms with E-state index in [-0.39, 0.29) is 6.04 Å². The first-order chi connectivity index (χ1) is 14.0. The van der Waals surface area contributed by atoms with Gasteiger partial charge in [0.2, 0.25) is 0 Å². The smallest absolute Gasteiger partial charge is 0.191 e. The standard InChI is InChI=1S/C21H30N8/c1-6-22-21(25-15(2)12-19-16(3)27-28(5)17(19)4)23-13-20-26-24-14-29(20)18-10-8-7-9-11-18/h7-11,14-15H,6,12-13H2,1-5H3,(H2,22,23,25). The zero-order valence-electron chi connectivity index (χ0n) is 17.8. The molecule has 0 aliphatic heterocycles. The van der Waals surface area contributed by atoms with E-state index in [1.165, 1.54) is 11.3 Å². The van der Waals surface area contributed by atoms with E-state index in [4.69, 9.17) is 4.99 Å². The van der Waals surface area contributed by atoms with E-state index in [0.717, 1.165) is 36.1 Å². The topological polar surface area (TPSA) is 84.9 Å². The number of para-hydroxylation sites is 1. The van der Waals surface area contributed by atoms with Crippen molar-refractivity contribution in [2.75, 3.05) is 6.54 Å². The fourth-order valence-corrected chi connectivity index (χ4v) is 3.34. The number of rotatable bonds is 7. The summed E-state index contributed by atoms with van der Waals surface area (Å²) >= 11 is 0. The van der Waals surface area contributed by atoms with Crippen LogP contribution >= 0.6 is 0 Å². The van der Waals surface area contributed by atoms with Crippen LogP contribution in [0, 0.1) is 13.8 Å². The molecule has 1 aromatic carbocycles. The molecule has 0 aliphatic rings. The molecule has 0 spiro atoms. The van der Waals surface area contributed by atoms with Crippen LogP contribution in [0.3, 0.4) is 0 Å². The molecular formula is C21H30N8. The predicted octanol–water partition coefficient (Wildman–Crippen LogP) is 2.30. The Kier molecular flexibility index (Phi) is 6.64. The minimum Gasteiger partial charge on any atom is -0.357 e. The summed E-state index contributed by atoms with van der Waals surface area (Å²) in [6.07, 6.45) is 2.60. The first-order valence-corrected chi connectivity index (χ1v) is 9.97. The monoisotopic (exact) mass is 394 g/mol. The number of aromatic nitrogens is 5. The van der Waals surface area contributed by atoms with Gasteiger partial charge in [0.05, 0.1) is 5.69 Å². The Bertz CT molecular complexity index is 954. The second kappa shape index (κ2) is 9.36. The van der Waals surface area contributed by atoms with Crippen molar-refractivity contribution in [1.82, 2.24) is 35.2 Å². The minimum atomic E-state index is 0.210. The van der Waals surface area contributed by atoms with Gasteiger partial charge in [-0.25, -0.2) is 4.99 Å². The Balaban J connectivity index is 1.70. The molecule has 2 N–H and O–H groups in total. The maximum atomic E-state index is 4.72. The lowest BCUT2D eigenvalue weighted by molar-refractivity contribution is 0.634. The second-order valence-electron chi connectivity index (χ2n) is 7.17. The number of aliphatic imine (C=N–C) groups is 1. The summed E-state index contributed by atoms with van der Waals surface area (Å²) in [6.45, 7) is 9.61. The zero-order valence-corrected chi connectivity index (χ0v) is 17.8. The Morgan fingerprint density at radius 2 is 1.97 bits per heavy atom. The van der Waals surface area contributed by atoms with Crippen molar-refractivity contribution in [2.45, 2.75) is 46.7 Å². The van der Waals surface area contributed by atoms with Crippen molar-refractivity contribution in [3.8, 4) is 5.69 Å². The van der Waals surface area contributed by atoms with Gasteiger partial charge in [-0.2, -0.15) is 5.10 Å². The van der Waals surface area contributed by atoms with Crippen molar-refractivity contribution >= 4 is 5.96 Å². The maximum Gasteiger partial charge on any atom is 0.191 e. The molecule has 0 bridgehead atoms. The van der Waals surface area contributed by atoms with E-state index in [9.17, 15) is 0 Å². The average Bonchev–Trinajstić information content (AvgIpc) is 3.27. The van der Waals surface area contributed by atoms with Gasteiger partial charge in [-0.15, -0.1) is 10.2 Å². The third-order valence-corrected chi connectivity index (χ3v) is 4.93. The zero-order chi connectivity index (χ0) is 20.8. The number of nitrogens with one attached hydrogen (secondary N) is 2. The molecule has 1 unspecified atom stereocenters. The Morgan fingerprint density at radius 1 is 1.21 bits per heavy atom. The van der Waals surface area contributed by atoms with Gasteiger partial charge >= 0.3 is 0 Å². The van der Waals surface area contributed by atoms with Gasteiger partial charge in [0.25, 0.3) is 0 Å². The summed E-state index contributed by atoms with van der Waals surface area (Å²) < 4.78 is 3.89. The molecule has 29 heavy (non-hydrogen) atoms. The highest BCUT2D eigenvalue weighted by molar-refractivity contribution is 5.80. The van der Waals surface area contributed by atoms with Crippen molar-refractivity contribution in [1.29, 1.82) is 0 Å². The Labute approximate surface area is 172 Å². The first kappa shape index (κ1) is 20.6. The van der Waals surface area contributed by atoms with Gasteiger partial charge in [0, 0.05) is 31.0 Å². The lowest BCUT2D eigenvalue weighted by Crippen LogP contribution is -2.43. The molecule has 0 aliphatic carbocycles. The van der Waals surface area contributed by atoms with Gasteiger partial charge in [0.15, 0.2) is 11.8 Å². The fraction of sp³-hybridized carbons (Fsp3) is 0.429. The van der Waals surface area contributed by atoms with Gasteiger partial charge in [-0.1, -0.05) is 18.2 Å². The van der Waals surface area contributed by atoms with Crippen LogP contribution in [0.4, 0.5) is 0 Å². The van der Waals surface area contributed by atoms with Crippen LogP contribution in [0.1, 0.15) is 36.6 Å². The van der Waals surface area contributed by atoms with E-state index in [1.54, 1.807) is 6.33 Å². The van der Waals surface area contributed by atoms with Crippen LogP contribution in [0.2, 0.25) is 0 Å². The molecule has 154 valence electrons. The van der Waals surface area contributed by atoms with Gasteiger partial charge in [-0.3, -0.25) is 9.25 Å². The number of hydrogen-bond donors (Lipinski definition) is 2. The van der Waals surface area contributed by atoms with Crippen LogP contribution < -0.4 is 10.6 Å². The van der Waals surface area contributed by atoms with Crippen molar-refractivity contribution in [3.63, 3.8) is 0 Å². The SMILES string of the molecule is CCNC(=NCc1nncn1-c1ccccc1)NC(C)Cc1c(C)nn(C)c1C. The van der Waals surface area contributed by atoms with Gasteiger partial charge < -0.3 is 10.6 Å². The number of aryl methyl sites for hydroxylation is 2. The van der Waals surface area contributed by atoms with Crippen LogP contribution in [0.25, 0.3) is 5.69 Å². The van der Waals surface area contributed by atoms with Gasteiger partial charge in [0.1, 0.15) is 12.9 Å². The number of guanidine groups is 1. The Morgan fingerprint density at radius 3 is 2.62 bits per heavy atom.